The summed E-state index contributed by atoms with van der Waals surface area (Å²) in [7, 11) is -3.55. The van der Waals surface area contributed by atoms with Crippen LogP contribution in [0.15, 0.2) is 41.3 Å². The van der Waals surface area contributed by atoms with Gasteiger partial charge in [-0.05, 0) is 50.1 Å². The van der Waals surface area contributed by atoms with E-state index in [0.717, 1.165) is 21.6 Å². The molecule has 2 aromatic heterocycles. The number of pyridine rings is 1. The molecule has 10 nitrogen and oxygen atoms in total. The van der Waals surface area contributed by atoms with Crippen LogP contribution in [0.2, 0.25) is 5.02 Å². The SMILES string of the molecule is CC(C)NC(=O)Cn1c(-c2ccc(F)c(Cl)c2)nn(-c2ccc(CCOS(C)(=O)=O)cn2)c1=O. The van der Waals surface area contributed by atoms with Gasteiger partial charge >= 0.3 is 5.69 Å². The Morgan fingerprint density at radius 2 is 2.00 bits per heavy atom. The number of carbonyl (C=O) groups is 1. The molecule has 0 saturated carbocycles. The summed E-state index contributed by atoms with van der Waals surface area (Å²) in [5, 5.41) is 6.87. The topological polar surface area (TPSA) is 125 Å². The lowest BCUT2D eigenvalue weighted by atomic mass is 10.2. The van der Waals surface area contributed by atoms with E-state index in [4.69, 9.17) is 15.8 Å². The lowest BCUT2D eigenvalue weighted by Gasteiger charge is -2.10. The van der Waals surface area contributed by atoms with Crippen molar-refractivity contribution in [3.63, 3.8) is 0 Å². The summed E-state index contributed by atoms with van der Waals surface area (Å²) in [6.45, 7) is 3.21. The lowest BCUT2D eigenvalue weighted by molar-refractivity contribution is -0.122. The number of amides is 1. The predicted octanol–water partition coefficient (Wildman–Crippen LogP) is 1.93. The van der Waals surface area contributed by atoms with Crippen molar-refractivity contribution in [1.82, 2.24) is 24.6 Å². The van der Waals surface area contributed by atoms with Gasteiger partial charge in [0.25, 0.3) is 10.1 Å². The van der Waals surface area contributed by atoms with Gasteiger partial charge < -0.3 is 5.32 Å². The van der Waals surface area contributed by atoms with E-state index in [1.807, 2.05) is 0 Å². The van der Waals surface area contributed by atoms with Gasteiger partial charge in [0.2, 0.25) is 5.91 Å². The Morgan fingerprint density at radius 1 is 1.26 bits per heavy atom. The molecule has 182 valence electrons. The summed E-state index contributed by atoms with van der Waals surface area (Å²) in [4.78, 5) is 29.8. The second-order valence-corrected chi connectivity index (χ2v) is 9.81. The molecule has 3 rings (SSSR count). The fraction of sp³-hybridized carbons (Fsp3) is 0.333. The molecule has 3 aromatic rings. The first kappa shape index (κ1) is 25.5. The van der Waals surface area contributed by atoms with Crippen molar-refractivity contribution < 1.29 is 21.8 Å². The molecular formula is C21H23ClFN5O5S. The number of carbonyl (C=O) groups excluding carboxylic acids is 1. The molecule has 1 N–H and O–H groups in total. The summed E-state index contributed by atoms with van der Waals surface area (Å²) in [5.41, 5.74) is 0.394. The van der Waals surface area contributed by atoms with Crippen molar-refractivity contribution in [2.24, 2.45) is 0 Å². The van der Waals surface area contributed by atoms with Crippen molar-refractivity contribution in [2.45, 2.75) is 32.9 Å². The largest absolute Gasteiger partial charge is 0.352 e. The Morgan fingerprint density at radius 3 is 2.59 bits per heavy atom. The van der Waals surface area contributed by atoms with Crippen molar-refractivity contribution in [3.8, 4) is 17.2 Å². The minimum atomic E-state index is -3.55. The van der Waals surface area contributed by atoms with E-state index in [1.165, 1.54) is 24.4 Å². The minimum absolute atomic E-state index is 0.0468. The number of nitrogens with one attached hydrogen (secondary N) is 1. The molecule has 34 heavy (non-hydrogen) atoms. The van der Waals surface area contributed by atoms with Crippen molar-refractivity contribution in [3.05, 3.63) is 63.4 Å². The van der Waals surface area contributed by atoms with Crippen LogP contribution in [0.5, 0.6) is 0 Å². The Kier molecular flexibility index (Phi) is 7.85. The smallest absolute Gasteiger partial charge is 0.352 e. The standard InChI is InChI=1S/C21H23ClFN5O5S/c1-13(2)25-19(29)12-27-20(15-5-6-17(23)16(22)10-15)26-28(21(27)30)18-7-4-14(11-24-18)8-9-33-34(3,31)32/h4-7,10-11,13H,8-9,12H2,1-3H3,(H,25,29). The first-order valence-electron chi connectivity index (χ1n) is 10.2. The Bertz CT molecular complexity index is 1350. The van der Waals surface area contributed by atoms with Crippen molar-refractivity contribution in [2.75, 3.05) is 12.9 Å². The average molecular weight is 512 g/mol. The number of hydrogen-bond acceptors (Lipinski definition) is 7. The maximum atomic E-state index is 13.7. The van der Waals surface area contributed by atoms with Crippen molar-refractivity contribution >= 4 is 27.6 Å². The fourth-order valence-corrected chi connectivity index (χ4v) is 3.62. The van der Waals surface area contributed by atoms with Crippen LogP contribution < -0.4 is 11.0 Å². The molecule has 13 heteroatoms. The van der Waals surface area contributed by atoms with Crippen molar-refractivity contribution in [1.29, 1.82) is 0 Å². The number of benzene rings is 1. The van der Waals surface area contributed by atoms with Gasteiger partial charge in [-0.3, -0.25) is 13.5 Å². The van der Waals surface area contributed by atoms with Crippen LogP contribution in [0, 0.1) is 5.82 Å². The number of hydrogen-bond donors (Lipinski definition) is 1. The Labute approximate surface area is 200 Å². The monoisotopic (exact) mass is 511 g/mol. The van der Waals surface area contributed by atoms with Gasteiger partial charge in [0.1, 0.15) is 12.4 Å². The molecule has 0 unspecified atom stereocenters. The van der Waals surface area contributed by atoms with E-state index in [0.29, 0.717) is 17.5 Å². The second kappa shape index (κ2) is 10.5. The number of aromatic nitrogens is 4. The molecule has 0 fully saturated rings. The first-order valence-corrected chi connectivity index (χ1v) is 12.4. The summed E-state index contributed by atoms with van der Waals surface area (Å²) < 4.78 is 42.7. The van der Waals surface area contributed by atoms with Gasteiger partial charge in [-0.2, -0.15) is 13.1 Å². The molecule has 0 bridgehead atoms. The van der Waals surface area contributed by atoms with Crippen LogP contribution in [0.3, 0.4) is 0 Å². The van der Waals surface area contributed by atoms with Gasteiger partial charge in [-0.1, -0.05) is 17.7 Å². The third-order valence-corrected chi connectivity index (χ3v) is 5.39. The van der Waals surface area contributed by atoms with Gasteiger partial charge in [-0.15, -0.1) is 5.10 Å². The van der Waals surface area contributed by atoms with Crippen LogP contribution in [0.1, 0.15) is 19.4 Å². The number of rotatable bonds is 9. The zero-order chi connectivity index (χ0) is 25.0. The van der Waals surface area contributed by atoms with Crippen LogP contribution in [-0.4, -0.2) is 52.6 Å². The Balaban J connectivity index is 1.97. The molecule has 2 heterocycles. The second-order valence-electron chi connectivity index (χ2n) is 7.76. The lowest BCUT2D eigenvalue weighted by Crippen LogP contribution is -2.36. The summed E-state index contributed by atoms with van der Waals surface area (Å²) in [6.07, 6.45) is 2.72. The van der Waals surface area contributed by atoms with E-state index < -0.39 is 27.5 Å². The van der Waals surface area contributed by atoms with Gasteiger partial charge in [0, 0.05) is 17.8 Å². The number of halogens is 2. The highest BCUT2D eigenvalue weighted by molar-refractivity contribution is 7.85. The van der Waals surface area contributed by atoms with E-state index in [9.17, 15) is 22.4 Å². The highest BCUT2D eigenvalue weighted by Gasteiger charge is 2.20. The summed E-state index contributed by atoms with van der Waals surface area (Å²) in [6, 6.07) is 6.91. The van der Waals surface area contributed by atoms with Crippen LogP contribution in [0.4, 0.5) is 4.39 Å². The maximum Gasteiger partial charge on any atom is 0.352 e. The molecule has 0 saturated heterocycles. The molecule has 1 aromatic carbocycles. The zero-order valence-corrected chi connectivity index (χ0v) is 20.2. The number of nitrogens with zero attached hydrogens (tertiary/aromatic N) is 4. The van der Waals surface area contributed by atoms with E-state index in [-0.39, 0.29) is 35.9 Å². The van der Waals surface area contributed by atoms with E-state index in [1.54, 1.807) is 19.9 Å². The molecular weight excluding hydrogens is 489 g/mol. The van der Waals surface area contributed by atoms with Gasteiger partial charge in [0.05, 0.1) is 17.9 Å². The first-order chi connectivity index (χ1) is 15.9. The van der Waals surface area contributed by atoms with Crippen LogP contribution in [0.25, 0.3) is 17.2 Å². The minimum Gasteiger partial charge on any atom is -0.352 e. The third kappa shape index (κ3) is 6.49. The molecule has 0 spiro atoms. The van der Waals surface area contributed by atoms with Gasteiger partial charge in [-0.25, -0.2) is 14.2 Å². The zero-order valence-electron chi connectivity index (χ0n) is 18.7. The third-order valence-electron chi connectivity index (χ3n) is 4.51. The molecule has 0 aliphatic heterocycles. The molecule has 0 aliphatic carbocycles. The van der Waals surface area contributed by atoms with Crippen LogP contribution in [-0.2, 0) is 32.1 Å². The van der Waals surface area contributed by atoms with E-state index >= 15 is 0 Å². The molecule has 1 amide bonds. The maximum absolute atomic E-state index is 13.7. The van der Waals surface area contributed by atoms with Gasteiger partial charge in [0.15, 0.2) is 11.6 Å². The van der Waals surface area contributed by atoms with Crippen LogP contribution >= 0.6 is 11.6 Å². The summed E-state index contributed by atoms with van der Waals surface area (Å²) in [5.74, 6) is -0.748. The fourth-order valence-electron chi connectivity index (χ4n) is 3.05. The van der Waals surface area contributed by atoms with E-state index in [2.05, 4.69) is 15.4 Å². The Hall–Kier alpha value is -3.09. The quantitative estimate of drug-likeness (QED) is 0.435. The highest BCUT2D eigenvalue weighted by Crippen LogP contribution is 2.23. The molecule has 0 radical (unpaired) electrons. The average Bonchev–Trinajstić information content (AvgIpc) is 3.05. The normalized spacial score (nSPS) is 11.7. The predicted molar refractivity (Wildman–Crippen MR) is 124 cm³/mol. The summed E-state index contributed by atoms with van der Waals surface area (Å²) >= 11 is 5.90. The highest BCUT2D eigenvalue weighted by atomic mass is 35.5. The molecule has 0 atom stereocenters. The molecule has 0 aliphatic rings.